The number of aliphatic hydroxyl groups is 1. The van der Waals surface area contributed by atoms with Crippen LogP contribution in [0.15, 0.2) is 28.7 Å². The summed E-state index contributed by atoms with van der Waals surface area (Å²) >= 11 is 3.30. The maximum atomic E-state index is 11.9. The molecule has 1 unspecified atom stereocenters. The molecule has 0 spiro atoms. The first-order chi connectivity index (χ1) is 11.0. The first-order valence-corrected chi connectivity index (χ1v) is 8.94. The molecule has 1 aromatic rings. The fraction of sp³-hybridized carbons (Fsp3) is 0.556. The first-order valence-electron chi connectivity index (χ1n) is 8.15. The Kier molecular flexibility index (Phi) is 9.80. The fourth-order valence-corrected chi connectivity index (χ4v) is 2.51. The molecule has 0 saturated carbocycles. The number of halogens is 1. The number of unbranched alkanes of at least 4 members (excludes halogenated alkanes) is 2. The lowest BCUT2D eigenvalue weighted by atomic mass is 10.1. The van der Waals surface area contributed by atoms with Crippen LogP contribution >= 0.6 is 15.9 Å². The summed E-state index contributed by atoms with van der Waals surface area (Å²) in [6.45, 7) is 1.84. The molecule has 1 aromatic carbocycles. The number of esters is 1. The van der Waals surface area contributed by atoms with Gasteiger partial charge in [0.1, 0.15) is 0 Å². The predicted octanol–water partition coefficient (Wildman–Crippen LogP) is 4.29. The minimum atomic E-state index is -0.343. The van der Waals surface area contributed by atoms with Crippen LogP contribution in [0.25, 0.3) is 0 Å². The molecule has 0 aromatic heterocycles. The highest BCUT2D eigenvalue weighted by molar-refractivity contribution is 9.10. The van der Waals surface area contributed by atoms with Crippen molar-refractivity contribution in [2.45, 2.75) is 58.0 Å². The Hall–Kier alpha value is -1.20. The van der Waals surface area contributed by atoms with Gasteiger partial charge in [0.05, 0.1) is 6.10 Å². The Morgan fingerprint density at radius 2 is 1.83 bits per heavy atom. The summed E-state index contributed by atoms with van der Waals surface area (Å²) in [6.07, 6.45) is 5.21. The highest BCUT2D eigenvalue weighted by Gasteiger charge is 2.10. The van der Waals surface area contributed by atoms with Gasteiger partial charge in [0, 0.05) is 16.5 Å². The largest absolute Gasteiger partial charge is 0.457 e. The number of hydrogen-bond acceptors (Lipinski definition) is 4. The second-order valence-electron chi connectivity index (χ2n) is 5.63. The van der Waals surface area contributed by atoms with Gasteiger partial charge < -0.3 is 9.84 Å². The van der Waals surface area contributed by atoms with Crippen molar-refractivity contribution in [2.24, 2.45) is 0 Å². The van der Waals surface area contributed by atoms with E-state index in [1.54, 1.807) is 24.3 Å². The van der Waals surface area contributed by atoms with Crippen LogP contribution in [0, 0.1) is 0 Å². The van der Waals surface area contributed by atoms with E-state index in [9.17, 15) is 14.7 Å². The SMILES string of the molecule is CCCC(O)CCCCCC(=O)OCC(=O)c1ccc(Br)cc1. The molecule has 4 nitrogen and oxygen atoms in total. The minimum absolute atomic E-state index is 0.200. The summed E-state index contributed by atoms with van der Waals surface area (Å²) in [5.74, 6) is -0.543. The van der Waals surface area contributed by atoms with Gasteiger partial charge in [0.2, 0.25) is 0 Å². The van der Waals surface area contributed by atoms with E-state index < -0.39 is 0 Å². The Morgan fingerprint density at radius 3 is 2.48 bits per heavy atom. The fourth-order valence-electron chi connectivity index (χ4n) is 2.24. The van der Waals surface area contributed by atoms with Crippen molar-refractivity contribution >= 4 is 27.7 Å². The molecule has 128 valence electrons. The number of aliphatic hydroxyl groups excluding tert-OH is 1. The molecule has 0 aliphatic heterocycles. The smallest absolute Gasteiger partial charge is 0.306 e. The average Bonchev–Trinajstić information content (AvgIpc) is 2.53. The summed E-state index contributed by atoms with van der Waals surface area (Å²) in [6, 6.07) is 6.95. The van der Waals surface area contributed by atoms with E-state index in [1.165, 1.54) is 0 Å². The number of Topliss-reactive ketones (excluding diaryl/α,β-unsaturated/α-hetero) is 1. The molecule has 23 heavy (non-hydrogen) atoms. The Bertz CT molecular complexity index is 484. The first kappa shape index (κ1) is 19.8. The van der Waals surface area contributed by atoms with E-state index in [-0.39, 0.29) is 24.5 Å². The van der Waals surface area contributed by atoms with Crippen molar-refractivity contribution in [3.05, 3.63) is 34.3 Å². The zero-order chi connectivity index (χ0) is 17.1. The second kappa shape index (κ2) is 11.4. The van der Waals surface area contributed by atoms with Gasteiger partial charge in [0.25, 0.3) is 0 Å². The summed E-state index contributed by atoms with van der Waals surface area (Å²) in [4.78, 5) is 23.5. The van der Waals surface area contributed by atoms with E-state index in [2.05, 4.69) is 22.9 Å². The zero-order valence-corrected chi connectivity index (χ0v) is 15.2. The normalized spacial score (nSPS) is 12.0. The molecule has 0 aliphatic carbocycles. The summed E-state index contributed by atoms with van der Waals surface area (Å²) in [5.41, 5.74) is 0.533. The number of rotatable bonds is 11. The molecule has 0 bridgehead atoms. The molecule has 0 heterocycles. The predicted molar refractivity (Wildman–Crippen MR) is 93.4 cm³/mol. The highest BCUT2D eigenvalue weighted by atomic mass is 79.9. The lowest BCUT2D eigenvalue weighted by Gasteiger charge is -2.08. The molecule has 0 saturated heterocycles. The van der Waals surface area contributed by atoms with Gasteiger partial charge in [0.15, 0.2) is 12.4 Å². The van der Waals surface area contributed by atoms with Crippen LogP contribution in [0.3, 0.4) is 0 Å². The van der Waals surface area contributed by atoms with Gasteiger partial charge in [-0.25, -0.2) is 0 Å². The van der Waals surface area contributed by atoms with Crippen LogP contribution in [-0.4, -0.2) is 29.6 Å². The Balaban J connectivity index is 2.12. The molecule has 5 heteroatoms. The highest BCUT2D eigenvalue weighted by Crippen LogP contribution is 2.12. The van der Waals surface area contributed by atoms with Gasteiger partial charge in [-0.3, -0.25) is 9.59 Å². The van der Waals surface area contributed by atoms with Crippen molar-refractivity contribution in [3.8, 4) is 0 Å². The van der Waals surface area contributed by atoms with E-state index in [4.69, 9.17) is 4.74 Å². The molecule has 0 aliphatic rings. The van der Waals surface area contributed by atoms with Crippen molar-refractivity contribution in [3.63, 3.8) is 0 Å². The number of ether oxygens (including phenoxy) is 1. The summed E-state index contributed by atoms with van der Waals surface area (Å²) in [7, 11) is 0. The van der Waals surface area contributed by atoms with Crippen molar-refractivity contribution in [1.29, 1.82) is 0 Å². The second-order valence-corrected chi connectivity index (χ2v) is 6.55. The van der Waals surface area contributed by atoms with Crippen LogP contribution < -0.4 is 0 Å². The number of carbonyl (C=O) groups is 2. The standard InChI is InChI=1S/C18H25BrO4/c1-2-6-16(20)7-4-3-5-8-18(22)23-13-17(21)14-9-11-15(19)12-10-14/h9-12,16,20H,2-8,13H2,1H3. The number of hydrogen-bond donors (Lipinski definition) is 1. The minimum Gasteiger partial charge on any atom is -0.457 e. The van der Waals surface area contributed by atoms with Crippen LogP contribution in [-0.2, 0) is 9.53 Å². The van der Waals surface area contributed by atoms with E-state index in [0.717, 1.165) is 43.0 Å². The quantitative estimate of drug-likeness (QED) is 0.351. The third kappa shape index (κ3) is 8.86. The molecule has 1 rings (SSSR count). The van der Waals surface area contributed by atoms with E-state index >= 15 is 0 Å². The van der Waals surface area contributed by atoms with E-state index in [1.807, 2.05) is 0 Å². The van der Waals surface area contributed by atoms with Gasteiger partial charge in [-0.05, 0) is 31.4 Å². The topological polar surface area (TPSA) is 63.6 Å². The van der Waals surface area contributed by atoms with Crippen LogP contribution in [0.4, 0.5) is 0 Å². The van der Waals surface area contributed by atoms with Crippen molar-refractivity contribution < 1.29 is 19.4 Å². The number of carbonyl (C=O) groups excluding carboxylic acids is 2. The molecular formula is C18H25BrO4. The maximum Gasteiger partial charge on any atom is 0.306 e. The number of ketones is 1. The lowest BCUT2D eigenvalue weighted by molar-refractivity contribution is -0.142. The van der Waals surface area contributed by atoms with E-state index in [0.29, 0.717) is 12.0 Å². The molecular weight excluding hydrogens is 360 g/mol. The lowest BCUT2D eigenvalue weighted by Crippen LogP contribution is -2.14. The van der Waals surface area contributed by atoms with Crippen LogP contribution in [0.2, 0.25) is 0 Å². The van der Waals surface area contributed by atoms with Crippen LogP contribution in [0.5, 0.6) is 0 Å². The zero-order valence-electron chi connectivity index (χ0n) is 13.6. The van der Waals surface area contributed by atoms with Gasteiger partial charge in [-0.2, -0.15) is 0 Å². The van der Waals surface area contributed by atoms with Gasteiger partial charge in [-0.15, -0.1) is 0 Å². The third-order valence-electron chi connectivity index (χ3n) is 3.57. The molecule has 0 radical (unpaired) electrons. The molecule has 0 fully saturated rings. The third-order valence-corrected chi connectivity index (χ3v) is 4.10. The molecule has 1 N–H and O–H groups in total. The molecule has 0 amide bonds. The Labute approximate surface area is 146 Å². The molecule has 1 atom stereocenters. The van der Waals surface area contributed by atoms with Crippen LogP contribution in [0.1, 0.15) is 62.2 Å². The average molecular weight is 385 g/mol. The summed E-state index contributed by atoms with van der Waals surface area (Å²) in [5, 5.41) is 9.60. The van der Waals surface area contributed by atoms with Crippen molar-refractivity contribution in [2.75, 3.05) is 6.61 Å². The van der Waals surface area contributed by atoms with Gasteiger partial charge in [-0.1, -0.05) is 54.2 Å². The Morgan fingerprint density at radius 1 is 1.13 bits per heavy atom. The maximum absolute atomic E-state index is 11.9. The van der Waals surface area contributed by atoms with Gasteiger partial charge >= 0.3 is 5.97 Å². The number of benzene rings is 1. The van der Waals surface area contributed by atoms with Crippen molar-refractivity contribution in [1.82, 2.24) is 0 Å². The summed E-state index contributed by atoms with van der Waals surface area (Å²) < 4.78 is 5.90. The monoisotopic (exact) mass is 384 g/mol.